The van der Waals surface area contributed by atoms with Crippen LogP contribution in [0.1, 0.15) is 22.8 Å². The minimum atomic E-state index is 0.0411. The summed E-state index contributed by atoms with van der Waals surface area (Å²) in [4.78, 5) is 16.6. The molecule has 1 heterocycles. The average molecular weight is 367 g/mol. The molecule has 0 amide bonds. The zero-order valence-electron chi connectivity index (χ0n) is 13.7. The Morgan fingerprint density at radius 1 is 1.16 bits per heavy atom. The van der Waals surface area contributed by atoms with Crippen molar-refractivity contribution < 1.29 is 4.79 Å². The molecule has 1 N–H and O–H groups in total. The number of nitrogens with one attached hydrogen (secondary N) is 1. The molecule has 2 aromatic carbocycles. The number of aromatic nitrogens is 1. The number of ketones is 1. The third-order valence-corrected chi connectivity index (χ3v) is 4.58. The van der Waals surface area contributed by atoms with Crippen LogP contribution in [0.4, 0.5) is 5.69 Å². The highest BCUT2D eigenvalue weighted by Crippen LogP contribution is 2.10. The Labute approximate surface area is 155 Å². The molecular formula is C19H17N3OS2. The van der Waals surface area contributed by atoms with Crippen molar-refractivity contribution in [1.82, 2.24) is 4.57 Å². The first-order valence-electron chi connectivity index (χ1n) is 7.76. The van der Waals surface area contributed by atoms with E-state index in [-0.39, 0.29) is 5.78 Å². The predicted molar refractivity (Wildman–Crippen MR) is 106 cm³/mol. The van der Waals surface area contributed by atoms with Gasteiger partial charge < -0.3 is 9.88 Å². The molecule has 25 heavy (non-hydrogen) atoms. The van der Waals surface area contributed by atoms with Crippen molar-refractivity contribution in [2.24, 2.45) is 4.99 Å². The number of benzene rings is 2. The summed E-state index contributed by atoms with van der Waals surface area (Å²) in [5.74, 6) is 0.0411. The maximum Gasteiger partial charge on any atom is 0.199 e. The van der Waals surface area contributed by atoms with Crippen LogP contribution >= 0.6 is 23.6 Å². The molecule has 0 spiro atoms. The summed E-state index contributed by atoms with van der Waals surface area (Å²) in [7, 11) is 0. The second kappa shape index (κ2) is 8.00. The Balaban J connectivity index is 1.73. The lowest BCUT2D eigenvalue weighted by Crippen LogP contribution is -2.19. The molecule has 3 rings (SSSR count). The van der Waals surface area contributed by atoms with E-state index in [0.29, 0.717) is 10.7 Å². The lowest BCUT2D eigenvalue weighted by atomic mass is 10.1. The largest absolute Gasteiger partial charge is 0.331 e. The fraction of sp³-hybridized carbons (Fsp3) is 0.105. The Morgan fingerprint density at radius 2 is 1.88 bits per heavy atom. The van der Waals surface area contributed by atoms with Crippen LogP contribution in [0.2, 0.25) is 0 Å². The van der Waals surface area contributed by atoms with Crippen molar-refractivity contribution in [2.45, 2.75) is 13.5 Å². The number of hydrogen-bond acceptors (Lipinski definition) is 3. The van der Waals surface area contributed by atoms with Gasteiger partial charge in [0.2, 0.25) is 0 Å². The first kappa shape index (κ1) is 17.3. The summed E-state index contributed by atoms with van der Waals surface area (Å²) < 4.78 is 2.06. The van der Waals surface area contributed by atoms with E-state index >= 15 is 0 Å². The lowest BCUT2D eigenvalue weighted by Gasteiger charge is -2.05. The van der Waals surface area contributed by atoms with E-state index in [1.807, 2.05) is 41.9 Å². The maximum absolute atomic E-state index is 11.3. The molecule has 0 unspecified atom stereocenters. The van der Waals surface area contributed by atoms with Gasteiger partial charge in [-0.05, 0) is 49.0 Å². The Bertz CT molecular complexity index is 941. The number of anilines is 1. The first-order chi connectivity index (χ1) is 12.1. The fourth-order valence-electron chi connectivity index (χ4n) is 2.31. The monoisotopic (exact) mass is 367 g/mol. The fourth-order valence-corrected chi connectivity index (χ4v) is 3.31. The molecule has 0 bridgehead atoms. The number of thiazole rings is 1. The molecule has 0 aliphatic rings. The van der Waals surface area contributed by atoms with Gasteiger partial charge in [-0.3, -0.25) is 4.79 Å². The number of Topliss-reactive ketones (excluding diaryl/α,β-unsaturated/α-hetero) is 1. The molecule has 126 valence electrons. The molecular weight excluding hydrogens is 350 g/mol. The average Bonchev–Trinajstić information content (AvgIpc) is 3.03. The number of hydrogen-bond donors (Lipinski definition) is 1. The van der Waals surface area contributed by atoms with E-state index in [9.17, 15) is 4.79 Å². The van der Waals surface area contributed by atoms with Gasteiger partial charge in [0.15, 0.2) is 15.7 Å². The van der Waals surface area contributed by atoms with Crippen LogP contribution in [0.5, 0.6) is 0 Å². The summed E-state index contributed by atoms with van der Waals surface area (Å²) in [6.07, 6.45) is 2.00. The van der Waals surface area contributed by atoms with Crippen LogP contribution in [0.25, 0.3) is 0 Å². The number of carbonyl (C=O) groups is 1. The van der Waals surface area contributed by atoms with Gasteiger partial charge in [-0.2, -0.15) is 4.99 Å². The van der Waals surface area contributed by atoms with Gasteiger partial charge in [0.05, 0.1) is 0 Å². The predicted octanol–water partition coefficient (Wildman–Crippen LogP) is 4.10. The number of carbonyl (C=O) groups excluding carboxylic acids is 1. The van der Waals surface area contributed by atoms with Gasteiger partial charge in [0.1, 0.15) is 0 Å². The summed E-state index contributed by atoms with van der Waals surface area (Å²) in [5.41, 5.74) is 2.69. The van der Waals surface area contributed by atoms with Crippen molar-refractivity contribution >= 4 is 40.1 Å². The van der Waals surface area contributed by atoms with E-state index in [2.05, 4.69) is 27.0 Å². The highest BCUT2D eigenvalue weighted by molar-refractivity contribution is 7.80. The number of thiocarbonyl (C=S) groups is 1. The van der Waals surface area contributed by atoms with E-state index in [4.69, 9.17) is 12.2 Å². The van der Waals surface area contributed by atoms with Gasteiger partial charge in [0.25, 0.3) is 0 Å². The quantitative estimate of drug-likeness (QED) is 0.558. The van der Waals surface area contributed by atoms with Crippen molar-refractivity contribution in [3.05, 3.63) is 82.1 Å². The van der Waals surface area contributed by atoms with Crippen molar-refractivity contribution in [3.63, 3.8) is 0 Å². The molecule has 0 radical (unpaired) electrons. The molecule has 0 atom stereocenters. The van der Waals surface area contributed by atoms with Crippen LogP contribution in [-0.4, -0.2) is 15.5 Å². The normalized spacial score (nSPS) is 11.3. The Kier molecular flexibility index (Phi) is 5.53. The van der Waals surface area contributed by atoms with Gasteiger partial charge >= 0.3 is 0 Å². The Morgan fingerprint density at radius 3 is 2.56 bits per heavy atom. The molecule has 1 aromatic heterocycles. The van der Waals surface area contributed by atoms with Gasteiger partial charge in [0, 0.05) is 29.4 Å². The van der Waals surface area contributed by atoms with Crippen LogP contribution in [-0.2, 0) is 6.54 Å². The minimum Gasteiger partial charge on any atom is -0.331 e. The smallest absolute Gasteiger partial charge is 0.199 e. The summed E-state index contributed by atoms with van der Waals surface area (Å²) in [6.45, 7) is 2.30. The highest BCUT2D eigenvalue weighted by atomic mass is 32.1. The molecule has 0 fully saturated rings. The molecule has 0 saturated heterocycles. The summed E-state index contributed by atoms with van der Waals surface area (Å²) >= 11 is 6.88. The van der Waals surface area contributed by atoms with Crippen LogP contribution in [0.3, 0.4) is 0 Å². The van der Waals surface area contributed by atoms with Gasteiger partial charge in [-0.25, -0.2) is 0 Å². The van der Waals surface area contributed by atoms with E-state index in [0.717, 1.165) is 17.0 Å². The zero-order valence-corrected chi connectivity index (χ0v) is 15.3. The first-order valence-corrected chi connectivity index (χ1v) is 9.05. The molecule has 0 saturated carbocycles. The van der Waals surface area contributed by atoms with E-state index in [1.54, 1.807) is 19.1 Å². The van der Waals surface area contributed by atoms with Crippen LogP contribution < -0.4 is 10.1 Å². The molecule has 0 aliphatic carbocycles. The van der Waals surface area contributed by atoms with Gasteiger partial charge in [-0.15, -0.1) is 11.3 Å². The van der Waals surface area contributed by atoms with E-state index in [1.165, 1.54) is 16.9 Å². The second-order valence-corrected chi connectivity index (χ2v) is 6.73. The SMILES string of the molecule is CC(=O)c1ccc(NC(=S)N=c2sccn2Cc2ccccc2)cc1. The standard InChI is InChI=1S/C19H17N3OS2/c1-14(23)16-7-9-17(10-8-16)20-18(24)21-19-22(11-12-25-19)13-15-5-3-2-4-6-15/h2-12H,13H2,1H3,(H,20,24). The number of rotatable bonds is 4. The Hall–Kier alpha value is -2.57. The molecule has 6 heteroatoms. The minimum absolute atomic E-state index is 0.0411. The summed E-state index contributed by atoms with van der Waals surface area (Å²) in [6, 6.07) is 17.4. The maximum atomic E-state index is 11.3. The third-order valence-electron chi connectivity index (χ3n) is 3.60. The van der Waals surface area contributed by atoms with E-state index < -0.39 is 0 Å². The molecule has 0 aliphatic heterocycles. The molecule has 3 aromatic rings. The van der Waals surface area contributed by atoms with Crippen molar-refractivity contribution in [3.8, 4) is 0 Å². The second-order valence-electron chi connectivity index (χ2n) is 5.47. The molecule has 4 nitrogen and oxygen atoms in total. The highest BCUT2D eigenvalue weighted by Gasteiger charge is 2.02. The topological polar surface area (TPSA) is 46.4 Å². The number of nitrogens with zero attached hydrogens (tertiary/aromatic N) is 2. The van der Waals surface area contributed by atoms with Crippen molar-refractivity contribution in [1.29, 1.82) is 0 Å². The zero-order chi connectivity index (χ0) is 17.6. The summed E-state index contributed by atoms with van der Waals surface area (Å²) in [5, 5.41) is 5.47. The third kappa shape index (κ3) is 4.71. The van der Waals surface area contributed by atoms with Crippen LogP contribution in [0.15, 0.2) is 71.2 Å². The van der Waals surface area contributed by atoms with Gasteiger partial charge in [-0.1, -0.05) is 30.3 Å². The van der Waals surface area contributed by atoms with Crippen LogP contribution in [0, 0.1) is 0 Å². The lowest BCUT2D eigenvalue weighted by molar-refractivity contribution is 0.101. The van der Waals surface area contributed by atoms with Crippen molar-refractivity contribution in [2.75, 3.05) is 5.32 Å².